The molecule has 0 unspecified atom stereocenters. The number of hydrogen-bond donors (Lipinski definition) is 2. The van der Waals surface area contributed by atoms with Crippen LogP contribution in [0.25, 0.3) is 0 Å². The fourth-order valence-corrected chi connectivity index (χ4v) is 3.12. The SMILES string of the molecule is CCSc1cccc(NC2(C)CCC2)c1C(=O)O. The molecule has 98 valence electrons. The van der Waals surface area contributed by atoms with Crippen LogP contribution in [0.1, 0.15) is 43.5 Å². The Hall–Kier alpha value is -1.16. The first kappa shape index (κ1) is 13.3. The van der Waals surface area contributed by atoms with Gasteiger partial charge in [0.15, 0.2) is 0 Å². The van der Waals surface area contributed by atoms with Gasteiger partial charge < -0.3 is 10.4 Å². The third-order valence-corrected chi connectivity index (χ3v) is 4.37. The molecule has 18 heavy (non-hydrogen) atoms. The molecule has 4 heteroatoms. The fraction of sp³-hybridized carbons (Fsp3) is 0.500. The minimum absolute atomic E-state index is 0.0692. The van der Waals surface area contributed by atoms with Crippen molar-refractivity contribution in [1.29, 1.82) is 0 Å². The normalized spacial score (nSPS) is 17.0. The highest BCUT2D eigenvalue weighted by molar-refractivity contribution is 7.99. The molecule has 1 fully saturated rings. The number of aromatic carboxylic acids is 1. The summed E-state index contributed by atoms with van der Waals surface area (Å²) < 4.78 is 0. The lowest BCUT2D eigenvalue weighted by atomic mass is 9.78. The summed E-state index contributed by atoms with van der Waals surface area (Å²) in [6, 6.07) is 5.67. The first-order chi connectivity index (χ1) is 8.56. The summed E-state index contributed by atoms with van der Waals surface area (Å²) >= 11 is 1.58. The van der Waals surface area contributed by atoms with Gasteiger partial charge in [-0.15, -0.1) is 11.8 Å². The van der Waals surface area contributed by atoms with Crippen molar-refractivity contribution in [1.82, 2.24) is 0 Å². The second kappa shape index (κ2) is 5.22. The van der Waals surface area contributed by atoms with Gasteiger partial charge in [-0.2, -0.15) is 0 Å². The van der Waals surface area contributed by atoms with Gasteiger partial charge in [0, 0.05) is 10.4 Å². The van der Waals surface area contributed by atoms with Gasteiger partial charge >= 0.3 is 5.97 Å². The first-order valence-electron chi connectivity index (χ1n) is 6.33. The minimum Gasteiger partial charge on any atom is -0.478 e. The summed E-state index contributed by atoms with van der Waals surface area (Å²) in [6.07, 6.45) is 3.43. The standard InChI is InChI=1S/C14H19NO2S/c1-3-18-11-7-4-6-10(12(11)13(16)17)15-14(2)8-5-9-14/h4,6-7,15H,3,5,8-9H2,1-2H3,(H,16,17). The molecule has 1 aliphatic carbocycles. The maximum absolute atomic E-state index is 11.5. The van der Waals surface area contributed by atoms with E-state index in [2.05, 4.69) is 12.2 Å². The largest absolute Gasteiger partial charge is 0.478 e. The molecule has 0 heterocycles. The molecule has 0 amide bonds. The van der Waals surface area contributed by atoms with Gasteiger partial charge in [-0.1, -0.05) is 13.0 Å². The predicted octanol–water partition coefficient (Wildman–Crippen LogP) is 3.85. The molecular formula is C14H19NO2S. The van der Waals surface area contributed by atoms with E-state index in [0.717, 1.165) is 29.2 Å². The van der Waals surface area contributed by atoms with Crippen molar-refractivity contribution in [2.75, 3.05) is 11.1 Å². The zero-order valence-corrected chi connectivity index (χ0v) is 11.6. The van der Waals surface area contributed by atoms with E-state index in [0.29, 0.717) is 5.56 Å². The van der Waals surface area contributed by atoms with Crippen molar-refractivity contribution in [3.05, 3.63) is 23.8 Å². The number of carboxylic acids is 1. The molecule has 0 saturated heterocycles. The Morgan fingerprint density at radius 2 is 2.22 bits per heavy atom. The van der Waals surface area contributed by atoms with Gasteiger partial charge in [0.05, 0.1) is 11.3 Å². The second-order valence-corrected chi connectivity index (χ2v) is 6.26. The summed E-state index contributed by atoms with van der Waals surface area (Å²) in [7, 11) is 0. The molecule has 1 aromatic rings. The van der Waals surface area contributed by atoms with Crippen LogP contribution >= 0.6 is 11.8 Å². The molecule has 1 aliphatic rings. The van der Waals surface area contributed by atoms with Crippen LogP contribution in [-0.2, 0) is 0 Å². The van der Waals surface area contributed by atoms with Crippen LogP contribution in [0.3, 0.4) is 0 Å². The van der Waals surface area contributed by atoms with E-state index < -0.39 is 5.97 Å². The molecule has 1 aromatic carbocycles. The zero-order valence-electron chi connectivity index (χ0n) is 10.8. The van der Waals surface area contributed by atoms with Crippen LogP contribution in [0.4, 0.5) is 5.69 Å². The molecule has 2 N–H and O–H groups in total. The van der Waals surface area contributed by atoms with E-state index in [1.807, 2.05) is 25.1 Å². The highest BCUT2D eigenvalue weighted by Crippen LogP contribution is 2.37. The molecule has 2 rings (SSSR count). The summed E-state index contributed by atoms with van der Waals surface area (Å²) in [6.45, 7) is 4.19. The van der Waals surface area contributed by atoms with Crippen LogP contribution in [0.2, 0.25) is 0 Å². The van der Waals surface area contributed by atoms with Gasteiger partial charge in [0.25, 0.3) is 0 Å². The van der Waals surface area contributed by atoms with Gasteiger partial charge in [-0.3, -0.25) is 0 Å². The van der Waals surface area contributed by atoms with Crippen LogP contribution < -0.4 is 5.32 Å². The Labute approximate surface area is 112 Å². The van der Waals surface area contributed by atoms with Crippen molar-refractivity contribution in [3.8, 4) is 0 Å². The van der Waals surface area contributed by atoms with E-state index in [4.69, 9.17) is 0 Å². The average molecular weight is 265 g/mol. The van der Waals surface area contributed by atoms with Gasteiger partial charge in [0.2, 0.25) is 0 Å². The monoisotopic (exact) mass is 265 g/mol. The minimum atomic E-state index is -0.850. The highest BCUT2D eigenvalue weighted by Gasteiger charge is 2.32. The Balaban J connectivity index is 2.33. The van der Waals surface area contributed by atoms with Gasteiger partial charge in [0.1, 0.15) is 0 Å². The lowest BCUT2D eigenvalue weighted by molar-refractivity contribution is 0.0694. The number of nitrogens with one attached hydrogen (secondary N) is 1. The van der Waals surface area contributed by atoms with Crippen molar-refractivity contribution in [2.45, 2.75) is 43.5 Å². The highest BCUT2D eigenvalue weighted by atomic mass is 32.2. The molecular weight excluding hydrogens is 246 g/mol. The summed E-state index contributed by atoms with van der Waals surface area (Å²) in [5, 5.41) is 12.8. The van der Waals surface area contributed by atoms with Crippen LogP contribution in [-0.4, -0.2) is 22.4 Å². The lowest BCUT2D eigenvalue weighted by Crippen LogP contribution is -2.42. The Bertz CT molecular complexity index is 455. The van der Waals surface area contributed by atoms with Crippen molar-refractivity contribution >= 4 is 23.4 Å². The maximum Gasteiger partial charge on any atom is 0.338 e. The van der Waals surface area contributed by atoms with E-state index in [1.54, 1.807) is 11.8 Å². The Kier molecular flexibility index (Phi) is 3.85. The van der Waals surface area contributed by atoms with E-state index in [1.165, 1.54) is 6.42 Å². The van der Waals surface area contributed by atoms with Gasteiger partial charge in [-0.05, 0) is 44.1 Å². The molecule has 0 aromatic heterocycles. The summed E-state index contributed by atoms with van der Waals surface area (Å²) in [4.78, 5) is 12.3. The van der Waals surface area contributed by atoms with Crippen LogP contribution in [0.5, 0.6) is 0 Å². The Morgan fingerprint density at radius 1 is 1.50 bits per heavy atom. The van der Waals surface area contributed by atoms with Crippen LogP contribution in [0, 0.1) is 0 Å². The van der Waals surface area contributed by atoms with Crippen LogP contribution in [0.15, 0.2) is 23.1 Å². The number of benzene rings is 1. The fourth-order valence-electron chi connectivity index (χ4n) is 2.29. The van der Waals surface area contributed by atoms with E-state index >= 15 is 0 Å². The topological polar surface area (TPSA) is 49.3 Å². The molecule has 1 saturated carbocycles. The number of anilines is 1. The average Bonchev–Trinajstić information content (AvgIpc) is 2.27. The van der Waals surface area contributed by atoms with Gasteiger partial charge in [-0.25, -0.2) is 4.79 Å². The summed E-state index contributed by atoms with van der Waals surface area (Å²) in [5.74, 6) is 0.0260. The molecule has 0 atom stereocenters. The second-order valence-electron chi connectivity index (χ2n) is 4.96. The maximum atomic E-state index is 11.5. The third-order valence-electron chi connectivity index (χ3n) is 3.43. The first-order valence-corrected chi connectivity index (χ1v) is 7.31. The number of thioether (sulfide) groups is 1. The van der Waals surface area contributed by atoms with Crippen molar-refractivity contribution in [3.63, 3.8) is 0 Å². The number of hydrogen-bond acceptors (Lipinski definition) is 3. The molecule has 3 nitrogen and oxygen atoms in total. The van der Waals surface area contributed by atoms with Crippen molar-refractivity contribution < 1.29 is 9.90 Å². The predicted molar refractivity (Wildman–Crippen MR) is 75.7 cm³/mol. The molecule has 0 spiro atoms. The quantitative estimate of drug-likeness (QED) is 0.794. The number of carbonyl (C=O) groups is 1. The van der Waals surface area contributed by atoms with Crippen molar-refractivity contribution in [2.24, 2.45) is 0 Å². The molecule has 0 radical (unpaired) electrons. The Morgan fingerprint density at radius 3 is 2.72 bits per heavy atom. The van der Waals surface area contributed by atoms with E-state index in [9.17, 15) is 9.90 Å². The van der Waals surface area contributed by atoms with E-state index in [-0.39, 0.29) is 5.54 Å². The zero-order chi connectivity index (χ0) is 13.2. The summed E-state index contributed by atoms with van der Waals surface area (Å²) in [5.41, 5.74) is 1.24. The molecule has 0 bridgehead atoms. The smallest absolute Gasteiger partial charge is 0.338 e. The molecule has 0 aliphatic heterocycles. The number of carboxylic acid groups (broad SMARTS) is 1. The number of rotatable bonds is 5. The lowest BCUT2D eigenvalue weighted by Gasteiger charge is -2.40. The third kappa shape index (κ3) is 2.64.